The molecule has 1 aromatic carbocycles. The Hall–Kier alpha value is -0.780. The van der Waals surface area contributed by atoms with Crippen molar-refractivity contribution in [3.8, 4) is 0 Å². The van der Waals surface area contributed by atoms with Crippen molar-refractivity contribution in [1.82, 2.24) is 15.3 Å². The average molecular weight is 385 g/mol. The molecule has 1 unspecified atom stereocenters. The smallest absolute Gasteiger partial charge is 0.125 e. The third kappa shape index (κ3) is 4.09. The Morgan fingerprint density at radius 3 is 2.74 bits per heavy atom. The molecule has 0 saturated heterocycles. The minimum absolute atomic E-state index is 0.248. The van der Waals surface area contributed by atoms with Crippen LogP contribution >= 0.6 is 31.9 Å². The quantitative estimate of drug-likeness (QED) is 0.859. The van der Waals surface area contributed by atoms with Gasteiger partial charge < -0.3 is 5.32 Å². The molecule has 2 rings (SSSR count). The SMILES string of the molecule is Cc1nccc(CNC(C)c2ccc(Br)cc2Br)n1. The van der Waals surface area contributed by atoms with Crippen LogP contribution in [0, 0.1) is 6.92 Å². The number of nitrogens with one attached hydrogen (secondary N) is 1. The van der Waals surface area contributed by atoms with Crippen molar-refractivity contribution < 1.29 is 0 Å². The first-order valence-corrected chi connectivity index (χ1v) is 7.61. The van der Waals surface area contributed by atoms with Gasteiger partial charge in [-0.25, -0.2) is 9.97 Å². The number of benzene rings is 1. The van der Waals surface area contributed by atoms with Crippen LogP contribution in [0.3, 0.4) is 0 Å². The molecule has 1 atom stereocenters. The predicted octanol–water partition coefficient (Wildman–Crippen LogP) is 4.16. The van der Waals surface area contributed by atoms with Crippen LogP contribution in [0.25, 0.3) is 0 Å². The van der Waals surface area contributed by atoms with Gasteiger partial charge in [-0.05, 0) is 37.6 Å². The second kappa shape index (κ2) is 6.59. The molecule has 0 amide bonds. The number of halogens is 2. The Morgan fingerprint density at radius 1 is 1.26 bits per heavy atom. The minimum atomic E-state index is 0.248. The van der Waals surface area contributed by atoms with Crippen LogP contribution in [0.2, 0.25) is 0 Å². The zero-order valence-corrected chi connectivity index (χ0v) is 14.0. The molecule has 0 aliphatic carbocycles. The van der Waals surface area contributed by atoms with E-state index >= 15 is 0 Å². The van der Waals surface area contributed by atoms with E-state index in [0.29, 0.717) is 0 Å². The molecule has 1 heterocycles. The molecule has 1 aromatic heterocycles. The molecule has 0 fully saturated rings. The van der Waals surface area contributed by atoms with E-state index in [-0.39, 0.29) is 6.04 Å². The molecule has 19 heavy (non-hydrogen) atoms. The van der Waals surface area contributed by atoms with Gasteiger partial charge in [0.05, 0.1) is 5.69 Å². The molecule has 2 aromatic rings. The Kier molecular flexibility index (Phi) is 5.07. The number of nitrogens with zero attached hydrogens (tertiary/aromatic N) is 2. The summed E-state index contributed by atoms with van der Waals surface area (Å²) in [5.41, 5.74) is 2.24. The largest absolute Gasteiger partial charge is 0.305 e. The summed E-state index contributed by atoms with van der Waals surface area (Å²) in [6.45, 7) is 4.77. The van der Waals surface area contributed by atoms with Crippen LogP contribution in [0.15, 0.2) is 39.4 Å². The van der Waals surface area contributed by atoms with Crippen LogP contribution in [0.4, 0.5) is 0 Å². The van der Waals surface area contributed by atoms with Crippen molar-refractivity contribution >= 4 is 31.9 Å². The summed E-state index contributed by atoms with van der Waals surface area (Å²) in [5, 5.41) is 3.47. The number of hydrogen-bond donors (Lipinski definition) is 1. The molecule has 0 spiro atoms. The Labute approximate surface area is 130 Å². The summed E-state index contributed by atoms with van der Waals surface area (Å²) in [4.78, 5) is 8.48. The maximum atomic E-state index is 4.38. The fourth-order valence-electron chi connectivity index (χ4n) is 1.82. The highest BCUT2D eigenvalue weighted by molar-refractivity contribution is 9.11. The highest BCUT2D eigenvalue weighted by atomic mass is 79.9. The molecule has 0 aliphatic rings. The highest BCUT2D eigenvalue weighted by Gasteiger charge is 2.09. The highest BCUT2D eigenvalue weighted by Crippen LogP contribution is 2.26. The topological polar surface area (TPSA) is 37.8 Å². The molecule has 0 radical (unpaired) electrons. The summed E-state index contributed by atoms with van der Waals surface area (Å²) in [6.07, 6.45) is 1.79. The van der Waals surface area contributed by atoms with Crippen LogP contribution < -0.4 is 5.32 Å². The van der Waals surface area contributed by atoms with E-state index in [9.17, 15) is 0 Å². The number of aromatic nitrogens is 2. The van der Waals surface area contributed by atoms with Crippen molar-refractivity contribution in [1.29, 1.82) is 0 Å². The van der Waals surface area contributed by atoms with Gasteiger partial charge in [0, 0.05) is 27.7 Å². The van der Waals surface area contributed by atoms with Gasteiger partial charge in [0.1, 0.15) is 5.82 Å². The van der Waals surface area contributed by atoms with Crippen LogP contribution in [0.1, 0.15) is 30.0 Å². The lowest BCUT2D eigenvalue weighted by atomic mass is 10.1. The third-order valence-corrected chi connectivity index (χ3v) is 4.03. The fraction of sp³-hybridized carbons (Fsp3) is 0.286. The van der Waals surface area contributed by atoms with Crippen molar-refractivity contribution in [2.75, 3.05) is 0 Å². The maximum absolute atomic E-state index is 4.38. The van der Waals surface area contributed by atoms with E-state index in [1.165, 1.54) is 5.56 Å². The van der Waals surface area contributed by atoms with Gasteiger partial charge in [-0.2, -0.15) is 0 Å². The van der Waals surface area contributed by atoms with Gasteiger partial charge in [-0.15, -0.1) is 0 Å². The van der Waals surface area contributed by atoms with Gasteiger partial charge in [0.25, 0.3) is 0 Å². The second-order valence-electron chi connectivity index (χ2n) is 4.36. The van der Waals surface area contributed by atoms with E-state index < -0.39 is 0 Å². The molecular weight excluding hydrogens is 370 g/mol. The zero-order valence-electron chi connectivity index (χ0n) is 10.8. The summed E-state index contributed by atoms with van der Waals surface area (Å²) >= 11 is 7.05. The van der Waals surface area contributed by atoms with E-state index in [1.54, 1.807) is 6.20 Å². The van der Waals surface area contributed by atoms with Crippen molar-refractivity contribution in [2.45, 2.75) is 26.4 Å². The Morgan fingerprint density at radius 2 is 2.05 bits per heavy atom. The molecule has 0 aliphatic heterocycles. The van der Waals surface area contributed by atoms with Crippen LogP contribution in [-0.4, -0.2) is 9.97 Å². The van der Waals surface area contributed by atoms with Gasteiger partial charge in [-0.3, -0.25) is 0 Å². The number of hydrogen-bond acceptors (Lipinski definition) is 3. The summed E-state index contributed by atoms with van der Waals surface area (Å²) < 4.78 is 2.17. The number of aryl methyl sites for hydroxylation is 1. The first-order valence-electron chi connectivity index (χ1n) is 6.03. The average Bonchev–Trinajstić information content (AvgIpc) is 2.36. The number of rotatable bonds is 4. The summed E-state index contributed by atoms with van der Waals surface area (Å²) in [6, 6.07) is 8.40. The lowest BCUT2D eigenvalue weighted by Crippen LogP contribution is -2.19. The molecular formula is C14H15Br2N3. The molecule has 0 bridgehead atoms. The van der Waals surface area contributed by atoms with E-state index in [1.807, 2.05) is 19.1 Å². The molecule has 1 N–H and O–H groups in total. The molecule has 5 heteroatoms. The summed E-state index contributed by atoms with van der Waals surface area (Å²) in [5.74, 6) is 0.803. The van der Waals surface area contributed by atoms with Gasteiger partial charge in [0.15, 0.2) is 0 Å². The van der Waals surface area contributed by atoms with E-state index in [2.05, 4.69) is 66.2 Å². The molecule has 0 saturated carbocycles. The predicted molar refractivity (Wildman–Crippen MR) is 83.9 cm³/mol. The van der Waals surface area contributed by atoms with Gasteiger partial charge >= 0.3 is 0 Å². The fourth-order valence-corrected chi connectivity index (χ4v) is 3.21. The van der Waals surface area contributed by atoms with Crippen LogP contribution in [0.5, 0.6) is 0 Å². The van der Waals surface area contributed by atoms with Crippen molar-refractivity contribution in [2.24, 2.45) is 0 Å². The first-order chi connectivity index (χ1) is 9.06. The molecule has 100 valence electrons. The zero-order chi connectivity index (χ0) is 13.8. The second-order valence-corrected chi connectivity index (χ2v) is 6.13. The Bertz CT molecular complexity index is 572. The van der Waals surface area contributed by atoms with Crippen molar-refractivity contribution in [3.63, 3.8) is 0 Å². The summed E-state index contributed by atoms with van der Waals surface area (Å²) in [7, 11) is 0. The maximum Gasteiger partial charge on any atom is 0.125 e. The normalized spacial score (nSPS) is 12.4. The monoisotopic (exact) mass is 383 g/mol. The third-order valence-electron chi connectivity index (χ3n) is 2.85. The van der Waals surface area contributed by atoms with Gasteiger partial charge in [-0.1, -0.05) is 37.9 Å². The van der Waals surface area contributed by atoms with E-state index in [4.69, 9.17) is 0 Å². The molecule has 3 nitrogen and oxygen atoms in total. The van der Waals surface area contributed by atoms with E-state index in [0.717, 1.165) is 27.0 Å². The minimum Gasteiger partial charge on any atom is -0.305 e. The lowest BCUT2D eigenvalue weighted by Gasteiger charge is -2.16. The first kappa shape index (κ1) is 14.6. The van der Waals surface area contributed by atoms with Crippen LogP contribution in [-0.2, 0) is 6.54 Å². The van der Waals surface area contributed by atoms with Gasteiger partial charge in [0.2, 0.25) is 0 Å². The Balaban J connectivity index is 2.03. The standard InChI is InChI=1S/C14H15Br2N3/c1-9(13-4-3-11(15)7-14(13)16)18-8-12-5-6-17-10(2)19-12/h3-7,9,18H,8H2,1-2H3. The lowest BCUT2D eigenvalue weighted by molar-refractivity contribution is 0.564. The van der Waals surface area contributed by atoms with Crippen molar-refractivity contribution in [3.05, 3.63) is 56.5 Å².